The van der Waals surface area contributed by atoms with E-state index in [9.17, 15) is 0 Å². The Balaban J connectivity index is 2.90. The minimum absolute atomic E-state index is 0.0768. The lowest BCUT2D eigenvalue weighted by molar-refractivity contribution is 1.37. The molecule has 0 aliphatic heterocycles. The maximum Gasteiger partial charge on any atom is 0.107 e. The van der Waals surface area contributed by atoms with Crippen molar-refractivity contribution in [3.05, 3.63) is 29.3 Å². The molecule has 16 heavy (non-hydrogen) atoms. The van der Waals surface area contributed by atoms with Crippen LogP contribution in [0, 0.1) is 13.8 Å². The van der Waals surface area contributed by atoms with E-state index in [1.165, 1.54) is 5.56 Å². The van der Waals surface area contributed by atoms with Gasteiger partial charge in [0.05, 0.1) is 16.9 Å². The number of aryl methyl sites for hydroxylation is 1. The van der Waals surface area contributed by atoms with Crippen LogP contribution in [0.5, 0.6) is 0 Å². The van der Waals surface area contributed by atoms with E-state index in [0.717, 1.165) is 9.19 Å². The SMILES string of the molecule is Cc1cccc([Si]P([Si](C)C)[Si](C)C)c1C. The van der Waals surface area contributed by atoms with Gasteiger partial charge in [-0.3, -0.25) is 0 Å². The third-order valence-electron chi connectivity index (χ3n) is 2.73. The van der Waals surface area contributed by atoms with Crippen LogP contribution in [-0.4, -0.2) is 26.1 Å². The van der Waals surface area contributed by atoms with Crippen molar-refractivity contribution >= 4 is 37.9 Å². The molecule has 1 aromatic rings. The van der Waals surface area contributed by atoms with E-state index in [4.69, 9.17) is 0 Å². The molecule has 0 amide bonds. The summed E-state index contributed by atoms with van der Waals surface area (Å²) in [5.41, 5.74) is 3.00. The monoisotopic (exact) mass is 280 g/mol. The zero-order chi connectivity index (χ0) is 12.3. The van der Waals surface area contributed by atoms with Crippen LogP contribution < -0.4 is 5.19 Å². The van der Waals surface area contributed by atoms with Gasteiger partial charge in [0.15, 0.2) is 0 Å². The smallest absolute Gasteiger partial charge is 0.107 e. The molecule has 4 radical (unpaired) electrons. The Labute approximate surface area is 107 Å². The van der Waals surface area contributed by atoms with E-state index >= 15 is 0 Å². The maximum atomic E-state index is 2.51. The summed E-state index contributed by atoms with van der Waals surface area (Å²) in [6.07, 6.45) is 0. The molecule has 0 fully saturated rings. The van der Waals surface area contributed by atoms with Gasteiger partial charge in [-0.2, -0.15) is 0 Å². The van der Waals surface area contributed by atoms with Crippen molar-refractivity contribution in [1.82, 2.24) is 0 Å². The zero-order valence-corrected chi connectivity index (χ0v) is 15.1. The summed E-state index contributed by atoms with van der Waals surface area (Å²) in [7, 11) is 0.953. The van der Waals surface area contributed by atoms with Gasteiger partial charge in [0.25, 0.3) is 0 Å². The number of benzene rings is 1. The standard InChI is InChI=1S/C12H21PSi3/c1-10-8-7-9-12(11(10)2)14-13(15(3)4)16(5)6/h7-9H,1-6H3. The molecule has 0 saturated heterocycles. The molecule has 0 atom stereocenters. The summed E-state index contributed by atoms with van der Waals surface area (Å²) in [6, 6.07) is 6.82. The first-order chi connectivity index (χ1) is 7.43. The Morgan fingerprint density at radius 2 is 1.56 bits per heavy atom. The van der Waals surface area contributed by atoms with E-state index < -0.39 is 0 Å². The van der Waals surface area contributed by atoms with Gasteiger partial charge in [0.2, 0.25) is 0 Å². The van der Waals surface area contributed by atoms with Crippen LogP contribution in [0.25, 0.3) is 0 Å². The normalized spacial score (nSPS) is 11.8. The highest BCUT2D eigenvalue weighted by molar-refractivity contribution is 8.28. The maximum absolute atomic E-state index is 2.51. The Morgan fingerprint density at radius 3 is 2.06 bits per heavy atom. The van der Waals surface area contributed by atoms with Crippen LogP contribution in [0.2, 0.25) is 26.2 Å². The molecule has 0 bridgehead atoms. The first-order valence-electron chi connectivity index (χ1n) is 5.66. The largest absolute Gasteiger partial charge is 0.142 e. The van der Waals surface area contributed by atoms with Crippen LogP contribution in [0.15, 0.2) is 18.2 Å². The van der Waals surface area contributed by atoms with E-state index in [2.05, 4.69) is 58.2 Å². The molecule has 0 N–H and O–H groups in total. The molecule has 0 aliphatic carbocycles. The van der Waals surface area contributed by atoms with Crippen molar-refractivity contribution < 1.29 is 0 Å². The molecule has 0 spiro atoms. The van der Waals surface area contributed by atoms with E-state index in [1.54, 1.807) is 10.8 Å². The lowest BCUT2D eigenvalue weighted by Crippen LogP contribution is -2.25. The van der Waals surface area contributed by atoms with Gasteiger partial charge in [-0.05, 0) is 25.0 Å². The number of hydrogen-bond acceptors (Lipinski definition) is 0. The van der Waals surface area contributed by atoms with Crippen molar-refractivity contribution in [3.63, 3.8) is 0 Å². The minimum Gasteiger partial charge on any atom is -0.142 e. The molecule has 0 saturated carbocycles. The minimum atomic E-state index is -0.0768. The summed E-state index contributed by atoms with van der Waals surface area (Å²) in [4.78, 5) is 0. The molecule has 1 rings (SSSR count). The molecular formula is C12H21PSi3. The van der Waals surface area contributed by atoms with Crippen molar-refractivity contribution in [2.45, 2.75) is 40.0 Å². The average Bonchev–Trinajstić information content (AvgIpc) is 2.19. The summed E-state index contributed by atoms with van der Waals surface area (Å²) < 4.78 is 0. The fraction of sp³-hybridized carbons (Fsp3) is 0.500. The summed E-state index contributed by atoms with van der Waals surface area (Å²) in [5, 5.41) is 1.64. The highest BCUT2D eigenvalue weighted by Gasteiger charge is 2.20. The Morgan fingerprint density at radius 1 is 1.00 bits per heavy atom. The quantitative estimate of drug-likeness (QED) is 0.585. The Kier molecular flexibility index (Phi) is 5.65. The first kappa shape index (κ1) is 14.4. The second-order valence-corrected chi connectivity index (χ2v) is 23.9. The second-order valence-electron chi connectivity index (χ2n) is 4.59. The van der Waals surface area contributed by atoms with E-state index in [1.807, 2.05) is 0 Å². The molecule has 0 aliphatic rings. The van der Waals surface area contributed by atoms with Crippen molar-refractivity contribution in [3.8, 4) is 0 Å². The molecule has 86 valence electrons. The number of rotatable bonds is 4. The highest BCUT2D eigenvalue weighted by atomic mass is 31.8. The van der Waals surface area contributed by atoms with Gasteiger partial charge in [0.1, 0.15) is 9.19 Å². The predicted octanol–water partition coefficient (Wildman–Crippen LogP) is 3.53. The molecule has 4 heteroatoms. The second kappa shape index (κ2) is 6.29. The molecule has 1 aromatic carbocycles. The fourth-order valence-corrected chi connectivity index (χ4v) is 23.5. The van der Waals surface area contributed by atoms with Gasteiger partial charge < -0.3 is 0 Å². The van der Waals surface area contributed by atoms with Crippen LogP contribution in [0.1, 0.15) is 11.1 Å². The first-order valence-corrected chi connectivity index (χ1v) is 15.5. The van der Waals surface area contributed by atoms with Gasteiger partial charge in [-0.1, -0.05) is 49.6 Å². The highest BCUT2D eigenvalue weighted by Crippen LogP contribution is 2.39. The van der Waals surface area contributed by atoms with Crippen LogP contribution in [0.3, 0.4) is 0 Å². The van der Waals surface area contributed by atoms with Crippen LogP contribution >= 0.6 is 6.57 Å². The Bertz CT molecular complexity index is 342. The van der Waals surface area contributed by atoms with E-state index in [-0.39, 0.29) is 16.9 Å². The van der Waals surface area contributed by atoms with Gasteiger partial charge >= 0.3 is 0 Å². The molecule has 0 unspecified atom stereocenters. The van der Waals surface area contributed by atoms with Crippen LogP contribution in [-0.2, 0) is 0 Å². The van der Waals surface area contributed by atoms with Gasteiger partial charge in [-0.25, -0.2) is 0 Å². The van der Waals surface area contributed by atoms with Gasteiger partial charge in [-0.15, -0.1) is 6.57 Å². The third-order valence-corrected chi connectivity index (χ3v) is 30.4. The average molecular weight is 281 g/mol. The lowest BCUT2D eigenvalue weighted by atomic mass is 10.1. The topological polar surface area (TPSA) is 0 Å². The summed E-state index contributed by atoms with van der Waals surface area (Å²) in [5.74, 6) is 0. The summed E-state index contributed by atoms with van der Waals surface area (Å²) >= 11 is 0. The fourth-order valence-electron chi connectivity index (χ4n) is 1.66. The van der Waals surface area contributed by atoms with Crippen molar-refractivity contribution in [2.24, 2.45) is 0 Å². The van der Waals surface area contributed by atoms with Gasteiger partial charge in [0, 0.05) is 0 Å². The number of hydrogen-bond donors (Lipinski definition) is 0. The Hall–Kier alpha value is 0.301. The predicted molar refractivity (Wildman–Crippen MR) is 83.2 cm³/mol. The molecular weight excluding hydrogens is 259 g/mol. The van der Waals surface area contributed by atoms with E-state index in [0.29, 0.717) is 6.57 Å². The molecule has 0 aromatic heterocycles. The van der Waals surface area contributed by atoms with Crippen LogP contribution in [0.4, 0.5) is 0 Å². The third kappa shape index (κ3) is 3.66. The lowest BCUT2D eigenvalue weighted by Gasteiger charge is -2.24. The molecule has 0 nitrogen and oxygen atoms in total. The van der Waals surface area contributed by atoms with Crippen molar-refractivity contribution in [2.75, 3.05) is 0 Å². The summed E-state index contributed by atoms with van der Waals surface area (Å²) in [6.45, 7) is 14.9. The molecule has 0 heterocycles. The van der Waals surface area contributed by atoms with Crippen molar-refractivity contribution in [1.29, 1.82) is 0 Å². The zero-order valence-electron chi connectivity index (χ0n) is 11.2.